The molecule has 8 nitrogen and oxygen atoms in total. The number of rotatable bonds is 5. The molecule has 25 heavy (non-hydrogen) atoms. The third kappa shape index (κ3) is 3.05. The van der Waals surface area contributed by atoms with Crippen LogP contribution >= 0.6 is 11.8 Å². The van der Waals surface area contributed by atoms with E-state index in [-0.39, 0.29) is 5.95 Å². The predicted octanol–water partition coefficient (Wildman–Crippen LogP) is 2.37. The first-order valence-electron chi connectivity index (χ1n) is 7.59. The fourth-order valence-corrected chi connectivity index (χ4v) is 3.02. The Morgan fingerprint density at radius 1 is 1.12 bits per heavy atom. The van der Waals surface area contributed by atoms with Crippen molar-refractivity contribution in [3.05, 3.63) is 48.0 Å². The highest BCUT2D eigenvalue weighted by atomic mass is 32.2. The molecule has 0 radical (unpaired) electrons. The molecular weight excluding hydrogens is 338 g/mol. The molecule has 0 aliphatic heterocycles. The van der Waals surface area contributed by atoms with E-state index in [0.29, 0.717) is 29.2 Å². The van der Waals surface area contributed by atoms with Crippen LogP contribution in [0.4, 0.5) is 5.95 Å². The zero-order chi connectivity index (χ0) is 17.2. The van der Waals surface area contributed by atoms with E-state index >= 15 is 0 Å². The summed E-state index contributed by atoms with van der Waals surface area (Å²) >= 11 is 1.73. The summed E-state index contributed by atoms with van der Waals surface area (Å²) in [4.78, 5) is 13.2. The molecule has 0 saturated carbocycles. The average Bonchev–Trinajstić information content (AvgIpc) is 3.26. The third-order valence-corrected chi connectivity index (χ3v) is 4.19. The third-order valence-electron chi connectivity index (χ3n) is 3.60. The van der Waals surface area contributed by atoms with Gasteiger partial charge in [0.25, 0.3) is 0 Å². The SMILES string of the molecule is CSCc1cccc(Cn2nnc3c(-c4ccco4)nc(N)nc32)n1. The molecule has 9 heteroatoms. The minimum Gasteiger partial charge on any atom is -0.463 e. The van der Waals surface area contributed by atoms with Gasteiger partial charge < -0.3 is 10.2 Å². The van der Waals surface area contributed by atoms with Crippen LogP contribution in [0.2, 0.25) is 0 Å². The van der Waals surface area contributed by atoms with Crippen molar-refractivity contribution in [1.29, 1.82) is 0 Å². The van der Waals surface area contributed by atoms with Crippen LogP contribution in [0.25, 0.3) is 22.6 Å². The molecule has 0 aliphatic carbocycles. The fourth-order valence-electron chi connectivity index (χ4n) is 2.56. The maximum Gasteiger partial charge on any atom is 0.222 e. The van der Waals surface area contributed by atoms with Crippen LogP contribution in [-0.2, 0) is 12.3 Å². The maximum absolute atomic E-state index is 5.86. The summed E-state index contributed by atoms with van der Waals surface area (Å²) < 4.78 is 7.09. The van der Waals surface area contributed by atoms with Crippen LogP contribution < -0.4 is 5.73 Å². The minimum absolute atomic E-state index is 0.145. The molecule has 4 aromatic heterocycles. The van der Waals surface area contributed by atoms with Crippen LogP contribution in [-0.4, -0.2) is 36.2 Å². The molecule has 4 aromatic rings. The van der Waals surface area contributed by atoms with E-state index < -0.39 is 0 Å². The molecule has 0 bridgehead atoms. The highest BCUT2D eigenvalue weighted by molar-refractivity contribution is 7.97. The molecule has 0 fully saturated rings. The van der Waals surface area contributed by atoms with Gasteiger partial charge in [0.15, 0.2) is 16.9 Å². The van der Waals surface area contributed by atoms with E-state index in [1.54, 1.807) is 34.8 Å². The second-order valence-corrected chi connectivity index (χ2v) is 6.25. The first-order chi connectivity index (χ1) is 12.2. The highest BCUT2D eigenvalue weighted by Crippen LogP contribution is 2.25. The second kappa shape index (κ2) is 6.52. The Morgan fingerprint density at radius 3 is 2.80 bits per heavy atom. The largest absolute Gasteiger partial charge is 0.463 e. The lowest BCUT2D eigenvalue weighted by Crippen LogP contribution is -2.07. The van der Waals surface area contributed by atoms with Gasteiger partial charge in [0, 0.05) is 5.75 Å². The van der Waals surface area contributed by atoms with Crippen molar-refractivity contribution in [3.63, 3.8) is 0 Å². The van der Waals surface area contributed by atoms with Crippen molar-refractivity contribution in [2.75, 3.05) is 12.0 Å². The molecular formula is C16H15N7OS. The van der Waals surface area contributed by atoms with Gasteiger partial charge in [-0.1, -0.05) is 11.3 Å². The van der Waals surface area contributed by atoms with Gasteiger partial charge in [-0.15, -0.1) is 5.10 Å². The lowest BCUT2D eigenvalue weighted by molar-refractivity contribution is 0.580. The normalized spacial score (nSPS) is 11.2. The van der Waals surface area contributed by atoms with Crippen molar-refractivity contribution in [2.45, 2.75) is 12.3 Å². The Hall–Kier alpha value is -2.94. The van der Waals surface area contributed by atoms with Crippen molar-refractivity contribution in [3.8, 4) is 11.5 Å². The lowest BCUT2D eigenvalue weighted by Gasteiger charge is -2.05. The number of pyridine rings is 1. The molecule has 0 aliphatic rings. The number of nitrogens with zero attached hydrogens (tertiary/aromatic N) is 6. The van der Waals surface area contributed by atoms with Gasteiger partial charge in [0.2, 0.25) is 5.95 Å². The van der Waals surface area contributed by atoms with Gasteiger partial charge in [-0.2, -0.15) is 16.7 Å². The smallest absolute Gasteiger partial charge is 0.222 e. The zero-order valence-corrected chi connectivity index (χ0v) is 14.3. The number of furan rings is 1. The number of hydrogen-bond donors (Lipinski definition) is 1. The van der Waals surface area contributed by atoms with Gasteiger partial charge in [-0.3, -0.25) is 4.98 Å². The van der Waals surface area contributed by atoms with E-state index in [9.17, 15) is 0 Å². The monoisotopic (exact) mass is 353 g/mol. The zero-order valence-electron chi connectivity index (χ0n) is 13.5. The molecule has 0 spiro atoms. The number of aromatic nitrogens is 6. The fraction of sp³-hybridized carbons (Fsp3) is 0.188. The number of hydrogen-bond acceptors (Lipinski definition) is 8. The summed E-state index contributed by atoms with van der Waals surface area (Å²) in [6.07, 6.45) is 3.63. The van der Waals surface area contributed by atoms with Gasteiger partial charge in [0.05, 0.1) is 24.2 Å². The summed E-state index contributed by atoms with van der Waals surface area (Å²) in [5.74, 6) is 1.58. The summed E-state index contributed by atoms with van der Waals surface area (Å²) in [7, 11) is 0. The Morgan fingerprint density at radius 2 is 2.00 bits per heavy atom. The molecule has 0 atom stereocenters. The summed E-state index contributed by atoms with van der Waals surface area (Å²) in [5, 5.41) is 8.41. The van der Waals surface area contributed by atoms with Crippen LogP contribution in [0.5, 0.6) is 0 Å². The van der Waals surface area contributed by atoms with Crippen molar-refractivity contribution < 1.29 is 4.42 Å². The molecule has 0 saturated heterocycles. The average molecular weight is 353 g/mol. The number of fused-ring (bicyclic) bond motifs is 1. The Kier molecular flexibility index (Phi) is 4.06. The molecule has 0 amide bonds. The Bertz CT molecular complexity index is 1010. The van der Waals surface area contributed by atoms with Crippen molar-refractivity contribution in [2.24, 2.45) is 0 Å². The lowest BCUT2D eigenvalue weighted by atomic mass is 10.3. The highest BCUT2D eigenvalue weighted by Gasteiger charge is 2.17. The van der Waals surface area contributed by atoms with Crippen molar-refractivity contribution >= 4 is 28.9 Å². The molecule has 4 rings (SSSR count). The molecule has 4 heterocycles. The summed E-state index contributed by atoms with van der Waals surface area (Å²) in [6.45, 7) is 0.451. The number of nitrogens with two attached hydrogens (primary N) is 1. The van der Waals surface area contributed by atoms with Crippen molar-refractivity contribution in [1.82, 2.24) is 29.9 Å². The summed E-state index contributed by atoms with van der Waals surface area (Å²) in [5.41, 5.74) is 9.40. The van der Waals surface area contributed by atoms with E-state index in [1.807, 2.05) is 18.2 Å². The first-order valence-corrected chi connectivity index (χ1v) is 8.98. The van der Waals surface area contributed by atoms with E-state index in [2.05, 4.69) is 31.5 Å². The van der Waals surface area contributed by atoms with Crippen LogP contribution in [0.15, 0.2) is 41.0 Å². The van der Waals surface area contributed by atoms with Crippen LogP contribution in [0, 0.1) is 0 Å². The quantitative estimate of drug-likeness (QED) is 0.582. The standard InChI is InChI=1S/C16H15N7OS/c1-25-9-11-5-2-4-10(18-11)8-23-15-14(21-22-23)13(19-16(17)20-15)12-6-3-7-24-12/h2-7H,8-9H2,1H3,(H2,17,19,20). The molecule has 0 unspecified atom stereocenters. The molecule has 126 valence electrons. The second-order valence-electron chi connectivity index (χ2n) is 5.38. The Labute approximate surface area is 147 Å². The van der Waals surface area contributed by atoms with Gasteiger partial charge in [-0.05, 0) is 30.5 Å². The van der Waals surface area contributed by atoms with E-state index in [1.165, 1.54) is 0 Å². The Balaban J connectivity index is 1.75. The van der Waals surface area contributed by atoms with E-state index in [4.69, 9.17) is 10.2 Å². The number of thioether (sulfide) groups is 1. The van der Waals surface area contributed by atoms with Crippen LogP contribution in [0.3, 0.4) is 0 Å². The molecule has 0 aromatic carbocycles. The molecule has 2 N–H and O–H groups in total. The summed E-state index contributed by atoms with van der Waals surface area (Å²) in [6, 6.07) is 9.54. The maximum atomic E-state index is 5.86. The number of anilines is 1. The van der Waals surface area contributed by atoms with Gasteiger partial charge >= 0.3 is 0 Å². The van der Waals surface area contributed by atoms with Crippen LogP contribution in [0.1, 0.15) is 11.4 Å². The van der Waals surface area contributed by atoms with E-state index in [0.717, 1.165) is 17.1 Å². The topological polar surface area (TPSA) is 109 Å². The number of nitrogen functional groups attached to an aromatic ring is 1. The minimum atomic E-state index is 0.145. The van der Waals surface area contributed by atoms with Gasteiger partial charge in [0.1, 0.15) is 5.69 Å². The predicted molar refractivity (Wildman–Crippen MR) is 95.8 cm³/mol. The van der Waals surface area contributed by atoms with Gasteiger partial charge in [-0.25, -0.2) is 9.67 Å². The first kappa shape index (κ1) is 15.6.